The summed E-state index contributed by atoms with van der Waals surface area (Å²) in [6.45, 7) is 3.33. The third-order valence-corrected chi connectivity index (χ3v) is 4.66. The van der Waals surface area contributed by atoms with E-state index in [9.17, 15) is 4.79 Å². The van der Waals surface area contributed by atoms with Crippen LogP contribution in [0.3, 0.4) is 0 Å². The van der Waals surface area contributed by atoms with Gasteiger partial charge >= 0.3 is 0 Å². The molecule has 0 fully saturated rings. The predicted octanol–water partition coefficient (Wildman–Crippen LogP) is 4.31. The molecular weight excluding hydrogens is 374 g/mol. The molecule has 0 spiro atoms. The molecular formula is C14H15BrClN3OS. The first-order valence-corrected chi connectivity index (χ1v) is 8.56. The summed E-state index contributed by atoms with van der Waals surface area (Å²) in [6.07, 6.45) is 0.985. The Labute approximate surface area is 141 Å². The number of rotatable bonds is 6. The lowest BCUT2D eigenvalue weighted by Crippen LogP contribution is -2.24. The van der Waals surface area contributed by atoms with E-state index >= 15 is 0 Å². The van der Waals surface area contributed by atoms with Crippen LogP contribution in [-0.2, 0) is 6.54 Å². The largest absolute Gasteiger partial charge is 0.370 e. The Morgan fingerprint density at radius 3 is 2.95 bits per heavy atom. The Morgan fingerprint density at radius 2 is 2.29 bits per heavy atom. The second-order valence-corrected chi connectivity index (χ2v) is 6.69. The van der Waals surface area contributed by atoms with E-state index in [-0.39, 0.29) is 11.6 Å². The molecule has 2 aromatic heterocycles. The Morgan fingerprint density at radius 1 is 1.48 bits per heavy atom. The van der Waals surface area contributed by atoms with Gasteiger partial charge in [0.25, 0.3) is 5.91 Å². The van der Waals surface area contributed by atoms with Gasteiger partial charge in [0.15, 0.2) is 0 Å². The number of carbonyl (C=O) groups excluding carboxylic acids is 1. The van der Waals surface area contributed by atoms with Crippen molar-refractivity contribution in [1.29, 1.82) is 0 Å². The fourth-order valence-electron chi connectivity index (χ4n) is 1.65. The molecule has 112 valence electrons. The molecule has 2 aromatic rings. The van der Waals surface area contributed by atoms with Crippen LogP contribution in [0.25, 0.3) is 0 Å². The molecule has 1 amide bonds. The van der Waals surface area contributed by atoms with Gasteiger partial charge in [-0.2, -0.15) is 0 Å². The number of nitrogens with one attached hydrogen (secondary N) is 2. The summed E-state index contributed by atoms with van der Waals surface area (Å²) < 4.78 is 1.01. The summed E-state index contributed by atoms with van der Waals surface area (Å²) in [7, 11) is 0. The lowest BCUT2D eigenvalue weighted by Gasteiger charge is -2.08. The summed E-state index contributed by atoms with van der Waals surface area (Å²) in [5.74, 6) is 0.384. The highest BCUT2D eigenvalue weighted by Gasteiger charge is 2.13. The van der Waals surface area contributed by atoms with E-state index in [4.69, 9.17) is 11.6 Å². The van der Waals surface area contributed by atoms with Gasteiger partial charge in [-0.05, 0) is 40.5 Å². The third-order valence-electron chi connectivity index (χ3n) is 2.66. The van der Waals surface area contributed by atoms with Gasteiger partial charge in [-0.15, -0.1) is 11.3 Å². The maximum atomic E-state index is 12.2. The van der Waals surface area contributed by atoms with Crippen LogP contribution in [-0.4, -0.2) is 17.4 Å². The van der Waals surface area contributed by atoms with Gasteiger partial charge in [0, 0.05) is 21.3 Å². The number of amides is 1. The summed E-state index contributed by atoms with van der Waals surface area (Å²) in [5.41, 5.74) is 0.244. The van der Waals surface area contributed by atoms with Gasteiger partial charge in [0.2, 0.25) is 0 Å². The molecule has 21 heavy (non-hydrogen) atoms. The molecule has 0 saturated heterocycles. The van der Waals surface area contributed by atoms with E-state index in [1.807, 2.05) is 11.4 Å². The molecule has 0 saturated carbocycles. The number of nitrogens with zero attached hydrogens (tertiary/aromatic N) is 1. The van der Waals surface area contributed by atoms with E-state index in [0.29, 0.717) is 17.4 Å². The highest BCUT2D eigenvalue weighted by molar-refractivity contribution is 9.10. The average molecular weight is 389 g/mol. The van der Waals surface area contributed by atoms with Gasteiger partial charge in [-0.1, -0.05) is 18.5 Å². The Kier molecular flexibility index (Phi) is 6.02. The number of carbonyl (C=O) groups is 1. The molecule has 0 aliphatic rings. The fraction of sp³-hybridized carbons (Fsp3) is 0.286. The van der Waals surface area contributed by atoms with Crippen LogP contribution >= 0.6 is 38.9 Å². The standard InChI is InChI=1S/C14H15BrClN3OS/c1-2-5-17-12-4-3-11(16)13(19-12)14(20)18-7-10-6-9(15)8-21-10/h3-4,6,8H,2,5,7H2,1H3,(H,17,19)(H,18,20). The van der Waals surface area contributed by atoms with Crippen molar-refractivity contribution in [2.75, 3.05) is 11.9 Å². The van der Waals surface area contributed by atoms with Crippen LogP contribution in [0.2, 0.25) is 5.02 Å². The van der Waals surface area contributed by atoms with Crippen LogP contribution < -0.4 is 10.6 Å². The van der Waals surface area contributed by atoms with E-state index in [0.717, 1.165) is 22.3 Å². The lowest BCUT2D eigenvalue weighted by molar-refractivity contribution is 0.0946. The van der Waals surface area contributed by atoms with Gasteiger partial charge in [0.05, 0.1) is 11.6 Å². The number of hydrogen-bond acceptors (Lipinski definition) is 4. The zero-order valence-corrected chi connectivity index (χ0v) is 14.6. The van der Waals surface area contributed by atoms with Crippen LogP contribution in [0.4, 0.5) is 5.82 Å². The van der Waals surface area contributed by atoms with Crippen molar-refractivity contribution in [2.24, 2.45) is 0 Å². The number of hydrogen-bond donors (Lipinski definition) is 2. The fourth-order valence-corrected chi connectivity index (χ4v) is 3.23. The summed E-state index contributed by atoms with van der Waals surface area (Å²) in [5, 5.41) is 8.29. The molecule has 0 aliphatic carbocycles. The molecule has 2 N–H and O–H groups in total. The monoisotopic (exact) mass is 387 g/mol. The van der Waals surface area contributed by atoms with Crippen molar-refractivity contribution in [3.05, 3.63) is 43.6 Å². The second kappa shape index (κ2) is 7.77. The first-order chi connectivity index (χ1) is 10.1. The molecule has 2 rings (SSSR count). The Balaban J connectivity index is 2.03. The molecule has 0 aliphatic heterocycles. The topological polar surface area (TPSA) is 54.0 Å². The highest BCUT2D eigenvalue weighted by Crippen LogP contribution is 2.20. The molecule has 0 atom stereocenters. The molecule has 0 unspecified atom stereocenters. The maximum Gasteiger partial charge on any atom is 0.271 e. The van der Waals surface area contributed by atoms with Crippen molar-refractivity contribution in [3.8, 4) is 0 Å². The van der Waals surface area contributed by atoms with Crippen LogP contribution in [0.1, 0.15) is 28.7 Å². The molecule has 0 aromatic carbocycles. The average Bonchev–Trinajstić information content (AvgIpc) is 2.89. The van der Waals surface area contributed by atoms with Crippen LogP contribution in [0.15, 0.2) is 28.1 Å². The maximum absolute atomic E-state index is 12.2. The first kappa shape index (κ1) is 16.3. The molecule has 4 nitrogen and oxygen atoms in total. The number of aromatic nitrogens is 1. The van der Waals surface area contributed by atoms with Gasteiger partial charge in [0.1, 0.15) is 11.5 Å². The molecule has 7 heteroatoms. The Hall–Kier alpha value is -1.11. The number of pyridine rings is 1. The van der Waals surface area contributed by atoms with Crippen molar-refractivity contribution >= 4 is 50.6 Å². The minimum absolute atomic E-state index is 0.244. The molecule has 0 bridgehead atoms. The first-order valence-electron chi connectivity index (χ1n) is 6.51. The SMILES string of the molecule is CCCNc1ccc(Cl)c(C(=O)NCc2cc(Br)cs2)n1. The van der Waals surface area contributed by atoms with E-state index in [2.05, 4.69) is 38.5 Å². The summed E-state index contributed by atoms with van der Waals surface area (Å²) in [4.78, 5) is 17.5. The van der Waals surface area contributed by atoms with Gasteiger partial charge < -0.3 is 10.6 Å². The predicted molar refractivity (Wildman–Crippen MR) is 91.2 cm³/mol. The van der Waals surface area contributed by atoms with Crippen molar-refractivity contribution in [1.82, 2.24) is 10.3 Å². The van der Waals surface area contributed by atoms with Crippen LogP contribution in [0.5, 0.6) is 0 Å². The highest BCUT2D eigenvalue weighted by atomic mass is 79.9. The summed E-state index contributed by atoms with van der Waals surface area (Å²) in [6, 6.07) is 5.42. The number of thiophene rings is 1. The Bertz CT molecular complexity index is 632. The zero-order chi connectivity index (χ0) is 15.2. The van der Waals surface area contributed by atoms with E-state index < -0.39 is 0 Å². The smallest absolute Gasteiger partial charge is 0.271 e. The number of anilines is 1. The summed E-state index contributed by atoms with van der Waals surface area (Å²) >= 11 is 11.0. The second-order valence-electron chi connectivity index (χ2n) is 4.37. The minimum Gasteiger partial charge on any atom is -0.370 e. The van der Waals surface area contributed by atoms with Crippen molar-refractivity contribution in [2.45, 2.75) is 19.9 Å². The van der Waals surface area contributed by atoms with Gasteiger partial charge in [-0.3, -0.25) is 4.79 Å². The van der Waals surface area contributed by atoms with Crippen LogP contribution in [0, 0.1) is 0 Å². The minimum atomic E-state index is -0.273. The van der Waals surface area contributed by atoms with E-state index in [1.54, 1.807) is 23.5 Å². The van der Waals surface area contributed by atoms with Gasteiger partial charge in [-0.25, -0.2) is 4.98 Å². The zero-order valence-electron chi connectivity index (χ0n) is 11.5. The third kappa shape index (κ3) is 4.69. The molecule has 2 heterocycles. The normalized spacial score (nSPS) is 10.4. The number of halogens is 2. The quantitative estimate of drug-likeness (QED) is 0.775. The molecule has 0 radical (unpaired) electrons. The van der Waals surface area contributed by atoms with Crippen molar-refractivity contribution < 1.29 is 4.79 Å². The van der Waals surface area contributed by atoms with Crippen molar-refractivity contribution in [3.63, 3.8) is 0 Å². The van der Waals surface area contributed by atoms with E-state index in [1.165, 1.54) is 0 Å². The lowest BCUT2D eigenvalue weighted by atomic mass is 10.3.